The first kappa shape index (κ1) is 21.6. The Kier molecular flexibility index (Phi) is 5.65. The molecule has 3 heterocycles. The van der Waals surface area contributed by atoms with Crippen molar-refractivity contribution in [2.45, 2.75) is 24.7 Å². The van der Waals surface area contributed by atoms with Crippen LogP contribution < -0.4 is 4.90 Å². The van der Waals surface area contributed by atoms with Gasteiger partial charge in [-0.15, -0.1) is 5.10 Å². The van der Waals surface area contributed by atoms with Crippen LogP contribution in [0.25, 0.3) is 11.2 Å². The third-order valence-electron chi connectivity index (χ3n) is 6.30. The van der Waals surface area contributed by atoms with E-state index in [1.54, 1.807) is 10.7 Å². The van der Waals surface area contributed by atoms with Gasteiger partial charge in [0.15, 0.2) is 17.0 Å². The fourth-order valence-corrected chi connectivity index (χ4v) is 4.88. The number of nitrogens with zero attached hydrogens (tertiary/aromatic N) is 7. The van der Waals surface area contributed by atoms with Crippen molar-refractivity contribution in [1.29, 1.82) is 5.26 Å². The van der Waals surface area contributed by atoms with Gasteiger partial charge in [-0.05, 0) is 36.1 Å². The summed E-state index contributed by atoms with van der Waals surface area (Å²) in [6, 6.07) is 18.0. The standard InChI is InChI=1S/C24H21Cl2N7/c1-32-22-21(30-31-32)23(29-20(28-22)13-16-7-8-18(25)14-19(16)26)33-11-9-24(15-27,10-12-33)17-5-3-2-4-6-17/h2-8,14H,9-13H2,1H3. The molecule has 1 saturated heterocycles. The second-order valence-electron chi connectivity index (χ2n) is 8.31. The van der Waals surface area contributed by atoms with E-state index in [9.17, 15) is 5.26 Å². The molecule has 7 nitrogen and oxygen atoms in total. The van der Waals surface area contributed by atoms with E-state index in [4.69, 9.17) is 33.2 Å². The molecule has 9 heteroatoms. The van der Waals surface area contributed by atoms with Gasteiger partial charge in [0, 0.05) is 36.6 Å². The van der Waals surface area contributed by atoms with Gasteiger partial charge in [-0.25, -0.2) is 14.6 Å². The highest BCUT2D eigenvalue weighted by atomic mass is 35.5. The Labute approximate surface area is 201 Å². The number of aromatic nitrogens is 5. The fraction of sp³-hybridized carbons (Fsp3) is 0.292. The molecule has 2 aromatic carbocycles. The van der Waals surface area contributed by atoms with Crippen LogP contribution in [0, 0.1) is 11.3 Å². The van der Waals surface area contributed by atoms with Gasteiger partial charge in [0.05, 0.1) is 11.5 Å². The topological polar surface area (TPSA) is 83.5 Å². The predicted octanol–water partition coefficient (Wildman–Crippen LogP) is 4.72. The Morgan fingerprint density at radius 3 is 2.52 bits per heavy atom. The van der Waals surface area contributed by atoms with Gasteiger partial charge in [0.25, 0.3) is 0 Å². The molecule has 166 valence electrons. The maximum atomic E-state index is 10.0. The van der Waals surface area contributed by atoms with E-state index in [2.05, 4.69) is 21.3 Å². The van der Waals surface area contributed by atoms with Gasteiger partial charge in [-0.3, -0.25) is 0 Å². The molecule has 1 aliphatic heterocycles. The first-order valence-corrected chi connectivity index (χ1v) is 11.5. The van der Waals surface area contributed by atoms with Gasteiger partial charge >= 0.3 is 0 Å². The number of halogens is 2. The Morgan fingerprint density at radius 2 is 1.82 bits per heavy atom. The number of hydrogen-bond donors (Lipinski definition) is 0. The number of rotatable bonds is 4. The highest BCUT2D eigenvalue weighted by Crippen LogP contribution is 2.37. The van der Waals surface area contributed by atoms with E-state index >= 15 is 0 Å². The predicted molar refractivity (Wildman–Crippen MR) is 129 cm³/mol. The minimum absolute atomic E-state index is 0.462. The molecule has 0 atom stereocenters. The summed E-state index contributed by atoms with van der Waals surface area (Å²) in [7, 11) is 1.82. The lowest BCUT2D eigenvalue weighted by molar-refractivity contribution is 0.414. The zero-order valence-electron chi connectivity index (χ0n) is 18.0. The second kappa shape index (κ2) is 8.62. The molecule has 1 fully saturated rings. The van der Waals surface area contributed by atoms with Crippen LogP contribution in [0.1, 0.15) is 29.8 Å². The average molecular weight is 478 g/mol. The van der Waals surface area contributed by atoms with E-state index in [0.29, 0.717) is 59.4 Å². The van der Waals surface area contributed by atoms with Crippen LogP contribution >= 0.6 is 23.2 Å². The van der Waals surface area contributed by atoms with E-state index in [1.165, 1.54) is 0 Å². The van der Waals surface area contributed by atoms with Crippen molar-refractivity contribution in [2.24, 2.45) is 7.05 Å². The largest absolute Gasteiger partial charge is 0.354 e. The number of anilines is 1. The molecule has 1 aliphatic rings. The van der Waals surface area contributed by atoms with Crippen LogP contribution in [0.15, 0.2) is 48.5 Å². The number of fused-ring (bicyclic) bond motifs is 1. The third-order valence-corrected chi connectivity index (χ3v) is 6.89. The minimum Gasteiger partial charge on any atom is -0.354 e. The Hall–Kier alpha value is -3.21. The van der Waals surface area contributed by atoms with E-state index in [1.807, 2.05) is 49.5 Å². The van der Waals surface area contributed by atoms with Crippen molar-refractivity contribution in [3.05, 3.63) is 75.5 Å². The average Bonchev–Trinajstić information content (AvgIpc) is 3.22. The summed E-state index contributed by atoms with van der Waals surface area (Å²) in [5.41, 5.74) is 2.80. The van der Waals surface area contributed by atoms with Gasteiger partial charge in [-0.2, -0.15) is 5.26 Å². The lowest BCUT2D eigenvalue weighted by Crippen LogP contribution is -2.42. The first-order chi connectivity index (χ1) is 16.0. The second-order valence-corrected chi connectivity index (χ2v) is 9.15. The van der Waals surface area contributed by atoms with Crippen LogP contribution in [0.5, 0.6) is 0 Å². The van der Waals surface area contributed by atoms with Crippen molar-refractivity contribution < 1.29 is 0 Å². The van der Waals surface area contributed by atoms with Crippen LogP contribution in [-0.2, 0) is 18.9 Å². The lowest BCUT2D eigenvalue weighted by atomic mass is 9.74. The molecule has 0 bridgehead atoms. The molecule has 5 rings (SSSR count). The number of piperidine rings is 1. The van der Waals surface area contributed by atoms with Crippen molar-refractivity contribution in [3.8, 4) is 6.07 Å². The molecule has 0 radical (unpaired) electrons. The Morgan fingerprint density at radius 1 is 1.06 bits per heavy atom. The van der Waals surface area contributed by atoms with Crippen LogP contribution in [-0.4, -0.2) is 38.1 Å². The van der Waals surface area contributed by atoms with E-state index in [-0.39, 0.29) is 0 Å². The van der Waals surface area contributed by atoms with Crippen molar-refractivity contribution in [3.63, 3.8) is 0 Å². The minimum atomic E-state index is -0.494. The summed E-state index contributed by atoms with van der Waals surface area (Å²) in [5, 5.41) is 19.7. The zero-order chi connectivity index (χ0) is 23.0. The Bertz CT molecular complexity index is 1350. The van der Waals surface area contributed by atoms with Crippen LogP contribution in [0.4, 0.5) is 5.82 Å². The number of aryl methyl sites for hydroxylation is 1. The number of benzene rings is 2. The summed E-state index contributed by atoms with van der Waals surface area (Å²) in [6.45, 7) is 1.37. The van der Waals surface area contributed by atoms with E-state index < -0.39 is 5.41 Å². The van der Waals surface area contributed by atoms with Crippen molar-refractivity contribution >= 4 is 40.2 Å². The monoisotopic (exact) mass is 477 g/mol. The normalized spacial score (nSPS) is 15.5. The first-order valence-electron chi connectivity index (χ1n) is 10.7. The maximum absolute atomic E-state index is 10.0. The highest BCUT2D eigenvalue weighted by Gasteiger charge is 2.37. The summed E-state index contributed by atoms with van der Waals surface area (Å²) >= 11 is 12.4. The summed E-state index contributed by atoms with van der Waals surface area (Å²) in [4.78, 5) is 11.7. The molecule has 4 aromatic rings. The lowest BCUT2D eigenvalue weighted by Gasteiger charge is -2.38. The molecule has 0 spiro atoms. The van der Waals surface area contributed by atoms with Gasteiger partial charge < -0.3 is 4.90 Å². The molecule has 0 saturated carbocycles. The van der Waals surface area contributed by atoms with Crippen LogP contribution in [0.2, 0.25) is 10.0 Å². The van der Waals surface area contributed by atoms with Crippen LogP contribution in [0.3, 0.4) is 0 Å². The smallest absolute Gasteiger partial charge is 0.183 e. The highest BCUT2D eigenvalue weighted by molar-refractivity contribution is 6.35. The Balaban J connectivity index is 1.48. The summed E-state index contributed by atoms with van der Waals surface area (Å²) in [5.74, 6) is 1.38. The van der Waals surface area contributed by atoms with Crippen molar-refractivity contribution in [2.75, 3.05) is 18.0 Å². The molecular formula is C24H21Cl2N7. The quantitative estimate of drug-likeness (QED) is 0.422. The van der Waals surface area contributed by atoms with E-state index in [0.717, 1.165) is 16.9 Å². The maximum Gasteiger partial charge on any atom is 0.183 e. The molecule has 0 amide bonds. The molecule has 0 N–H and O–H groups in total. The zero-order valence-corrected chi connectivity index (χ0v) is 19.6. The molecule has 0 aliphatic carbocycles. The molecule has 0 unspecified atom stereocenters. The summed E-state index contributed by atoms with van der Waals surface area (Å²) < 4.78 is 1.65. The third kappa shape index (κ3) is 4.01. The molecular weight excluding hydrogens is 457 g/mol. The van der Waals surface area contributed by atoms with Gasteiger partial charge in [0.1, 0.15) is 5.82 Å². The summed E-state index contributed by atoms with van der Waals surface area (Å²) in [6.07, 6.45) is 1.87. The number of hydrogen-bond acceptors (Lipinski definition) is 6. The van der Waals surface area contributed by atoms with Gasteiger partial charge in [0.2, 0.25) is 0 Å². The fourth-order valence-electron chi connectivity index (χ4n) is 4.40. The number of nitriles is 1. The SMILES string of the molecule is Cn1nnc2c(N3CCC(C#N)(c4ccccc4)CC3)nc(Cc3ccc(Cl)cc3Cl)nc21. The molecule has 33 heavy (non-hydrogen) atoms. The van der Waals surface area contributed by atoms with Crippen molar-refractivity contribution in [1.82, 2.24) is 25.0 Å². The van der Waals surface area contributed by atoms with Gasteiger partial charge in [-0.1, -0.05) is 64.8 Å². The molecule has 2 aromatic heterocycles.